The summed E-state index contributed by atoms with van der Waals surface area (Å²) in [6.07, 6.45) is 3.19. The van der Waals surface area contributed by atoms with Crippen LogP contribution in [-0.2, 0) is 4.79 Å². The molecule has 0 aliphatic carbocycles. The molecule has 0 radical (unpaired) electrons. The lowest BCUT2D eigenvalue weighted by molar-refractivity contribution is -0.116. The van der Waals surface area contributed by atoms with E-state index in [4.69, 9.17) is 4.42 Å². The summed E-state index contributed by atoms with van der Waals surface area (Å²) in [7, 11) is 0. The van der Waals surface area contributed by atoms with E-state index in [0.717, 1.165) is 37.7 Å². The van der Waals surface area contributed by atoms with Gasteiger partial charge in [-0.15, -0.1) is 0 Å². The molecule has 0 spiro atoms. The average Bonchev–Trinajstić information content (AvgIpc) is 2.94. The minimum absolute atomic E-state index is 0.0923. The molecule has 0 unspecified atom stereocenters. The van der Waals surface area contributed by atoms with Crippen LogP contribution in [0.3, 0.4) is 0 Å². The Balaban J connectivity index is 1.93. The molecule has 1 aromatic carbocycles. The molecule has 1 N–H and O–H groups in total. The summed E-state index contributed by atoms with van der Waals surface area (Å²) < 4.78 is 5.81. The van der Waals surface area contributed by atoms with Crippen molar-refractivity contribution in [2.75, 3.05) is 18.4 Å². The molecule has 2 heterocycles. The molecule has 2 aromatic rings. The van der Waals surface area contributed by atoms with Crippen LogP contribution in [0.4, 0.5) is 5.69 Å². The van der Waals surface area contributed by atoms with Crippen LogP contribution in [0, 0.1) is 5.92 Å². The summed E-state index contributed by atoms with van der Waals surface area (Å²) in [5, 5.41) is 3.66. The van der Waals surface area contributed by atoms with Crippen molar-refractivity contribution in [3.05, 3.63) is 30.0 Å². The molecule has 1 aliphatic heterocycles. The highest BCUT2D eigenvalue weighted by atomic mass is 16.3. The predicted octanol–water partition coefficient (Wildman–Crippen LogP) is 4.04. The fourth-order valence-corrected chi connectivity index (χ4v) is 3.10. The van der Waals surface area contributed by atoms with Crippen molar-refractivity contribution in [1.82, 2.24) is 4.90 Å². The number of carbonyl (C=O) groups excluding carboxylic acids is 2. The molecule has 24 heavy (non-hydrogen) atoms. The standard InChI is InChI=1S/C19H24N2O3/c1-3-6-16(22)20-17-14-7-4-5-8-15(14)24-18(17)19(23)21-11-9-13(2)10-12-21/h4-5,7-8,13H,3,6,9-12H2,1-2H3,(H,20,22). The average molecular weight is 328 g/mol. The van der Waals surface area contributed by atoms with Gasteiger partial charge in [-0.05, 0) is 37.3 Å². The van der Waals surface area contributed by atoms with Crippen LogP contribution in [0.1, 0.15) is 50.1 Å². The van der Waals surface area contributed by atoms with Crippen molar-refractivity contribution in [2.45, 2.75) is 39.5 Å². The van der Waals surface area contributed by atoms with Crippen molar-refractivity contribution < 1.29 is 14.0 Å². The van der Waals surface area contributed by atoms with Crippen LogP contribution < -0.4 is 5.32 Å². The molecule has 1 fully saturated rings. The Morgan fingerprint density at radius 2 is 1.96 bits per heavy atom. The second kappa shape index (κ2) is 7.07. The van der Waals surface area contributed by atoms with Gasteiger partial charge in [-0.25, -0.2) is 0 Å². The number of rotatable bonds is 4. The Morgan fingerprint density at radius 1 is 1.25 bits per heavy atom. The molecule has 0 saturated carbocycles. The predicted molar refractivity (Wildman–Crippen MR) is 94.1 cm³/mol. The van der Waals surface area contributed by atoms with E-state index in [-0.39, 0.29) is 17.6 Å². The molecule has 1 aliphatic rings. The number of carbonyl (C=O) groups is 2. The maximum atomic E-state index is 12.9. The van der Waals surface area contributed by atoms with E-state index in [9.17, 15) is 9.59 Å². The van der Waals surface area contributed by atoms with Crippen molar-refractivity contribution in [3.63, 3.8) is 0 Å². The summed E-state index contributed by atoms with van der Waals surface area (Å²) in [5.41, 5.74) is 1.13. The molecule has 1 aromatic heterocycles. The Bertz CT molecular complexity index is 742. The second-order valence-electron chi connectivity index (χ2n) is 6.58. The number of likely N-dealkylation sites (tertiary alicyclic amines) is 1. The van der Waals surface area contributed by atoms with Gasteiger partial charge in [-0.1, -0.05) is 26.0 Å². The van der Waals surface area contributed by atoms with Gasteiger partial charge < -0.3 is 14.6 Å². The lowest BCUT2D eigenvalue weighted by Gasteiger charge is -2.29. The van der Waals surface area contributed by atoms with Gasteiger partial charge in [0.25, 0.3) is 5.91 Å². The molecule has 5 nitrogen and oxygen atoms in total. The highest BCUT2D eigenvalue weighted by molar-refractivity contribution is 6.10. The summed E-state index contributed by atoms with van der Waals surface area (Å²) in [4.78, 5) is 26.8. The monoisotopic (exact) mass is 328 g/mol. The SMILES string of the molecule is CCCC(=O)Nc1c(C(=O)N2CCC(C)CC2)oc2ccccc12. The number of para-hydroxylation sites is 1. The zero-order valence-electron chi connectivity index (χ0n) is 14.3. The third kappa shape index (κ3) is 3.30. The van der Waals surface area contributed by atoms with E-state index in [1.807, 2.05) is 36.1 Å². The van der Waals surface area contributed by atoms with E-state index in [1.54, 1.807) is 0 Å². The van der Waals surface area contributed by atoms with Crippen LogP contribution in [0.5, 0.6) is 0 Å². The Morgan fingerprint density at radius 3 is 2.67 bits per heavy atom. The molecular formula is C19H24N2O3. The third-order valence-corrected chi connectivity index (χ3v) is 4.60. The number of amides is 2. The first-order chi connectivity index (χ1) is 11.6. The highest BCUT2D eigenvalue weighted by Gasteiger charge is 2.28. The molecule has 5 heteroatoms. The maximum Gasteiger partial charge on any atom is 0.291 e. The summed E-state index contributed by atoms with van der Waals surface area (Å²) in [6, 6.07) is 7.43. The van der Waals surface area contributed by atoms with Gasteiger partial charge in [0.15, 0.2) is 0 Å². The highest BCUT2D eigenvalue weighted by Crippen LogP contribution is 2.32. The van der Waals surface area contributed by atoms with Gasteiger partial charge in [0.05, 0.1) is 0 Å². The Hall–Kier alpha value is -2.30. The number of piperidine rings is 1. The van der Waals surface area contributed by atoms with Gasteiger partial charge >= 0.3 is 0 Å². The van der Waals surface area contributed by atoms with Gasteiger partial charge in [-0.3, -0.25) is 9.59 Å². The lowest BCUT2D eigenvalue weighted by atomic mass is 9.99. The maximum absolute atomic E-state index is 12.9. The number of nitrogens with zero attached hydrogens (tertiary/aromatic N) is 1. The van der Waals surface area contributed by atoms with Crippen molar-refractivity contribution in [1.29, 1.82) is 0 Å². The zero-order valence-corrected chi connectivity index (χ0v) is 14.3. The second-order valence-corrected chi connectivity index (χ2v) is 6.58. The number of hydrogen-bond donors (Lipinski definition) is 1. The van der Waals surface area contributed by atoms with E-state index < -0.39 is 0 Å². The number of benzene rings is 1. The zero-order chi connectivity index (χ0) is 17.1. The smallest absolute Gasteiger partial charge is 0.291 e. The van der Waals surface area contributed by atoms with Crippen LogP contribution >= 0.6 is 0 Å². The first-order valence-electron chi connectivity index (χ1n) is 8.70. The van der Waals surface area contributed by atoms with Crippen LogP contribution in [0.15, 0.2) is 28.7 Å². The number of hydrogen-bond acceptors (Lipinski definition) is 3. The number of furan rings is 1. The third-order valence-electron chi connectivity index (χ3n) is 4.60. The fraction of sp³-hybridized carbons (Fsp3) is 0.474. The molecule has 0 atom stereocenters. The quantitative estimate of drug-likeness (QED) is 0.921. The fourth-order valence-electron chi connectivity index (χ4n) is 3.10. The Labute approximate surface area is 142 Å². The molecule has 2 amide bonds. The van der Waals surface area contributed by atoms with Crippen molar-refractivity contribution in [2.24, 2.45) is 5.92 Å². The molecule has 128 valence electrons. The lowest BCUT2D eigenvalue weighted by Crippen LogP contribution is -2.38. The van der Waals surface area contributed by atoms with Gasteiger partial charge in [0, 0.05) is 24.9 Å². The van der Waals surface area contributed by atoms with E-state index in [1.165, 1.54) is 0 Å². The van der Waals surface area contributed by atoms with Gasteiger partial charge in [0.2, 0.25) is 11.7 Å². The molecule has 1 saturated heterocycles. The van der Waals surface area contributed by atoms with Gasteiger partial charge in [-0.2, -0.15) is 0 Å². The summed E-state index contributed by atoms with van der Waals surface area (Å²) in [6.45, 7) is 5.63. The Kier molecular flexibility index (Phi) is 4.88. The molecule has 0 bridgehead atoms. The first kappa shape index (κ1) is 16.6. The number of fused-ring (bicyclic) bond motifs is 1. The minimum Gasteiger partial charge on any atom is -0.449 e. The van der Waals surface area contributed by atoms with Crippen molar-refractivity contribution in [3.8, 4) is 0 Å². The first-order valence-corrected chi connectivity index (χ1v) is 8.70. The normalized spacial score (nSPS) is 15.7. The van der Waals surface area contributed by atoms with Crippen molar-refractivity contribution >= 4 is 28.5 Å². The summed E-state index contributed by atoms with van der Waals surface area (Å²) in [5.74, 6) is 0.666. The molecule has 3 rings (SSSR count). The molecular weight excluding hydrogens is 304 g/mol. The van der Waals surface area contributed by atoms with E-state index in [0.29, 0.717) is 23.6 Å². The van der Waals surface area contributed by atoms with Crippen LogP contribution in [0.2, 0.25) is 0 Å². The van der Waals surface area contributed by atoms with E-state index in [2.05, 4.69) is 12.2 Å². The largest absolute Gasteiger partial charge is 0.449 e. The summed E-state index contributed by atoms with van der Waals surface area (Å²) >= 11 is 0. The van der Waals surface area contributed by atoms with E-state index >= 15 is 0 Å². The van der Waals surface area contributed by atoms with Crippen LogP contribution in [0.25, 0.3) is 11.0 Å². The van der Waals surface area contributed by atoms with Crippen LogP contribution in [-0.4, -0.2) is 29.8 Å². The number of nitrogens with one attached hydrogen (secondary N) is 1. The topological polar surface area (TPSA) is 62.6 Å². The number of anilines is 1. The van der Waals surface area contributed by atoms with Gasteiger partial charge in [0.1, 0.15) is 11.3 Å². The minimum atomic E-state index is -0.134.